The third kappa shape index (κ3) is 6.24. The van der Waals surface area contributed by atoms with E-state index in [1.165, 1.54) is 19.4 Å². The quantitative estimate of drug-likeness (QED) is 0.0695. The van der Waals surface area contributed by atoms with Crippen LogP contribution in [-0.4, -0.2) is 71.6 Å². The Hall–Kier alpha value is -2.04. The number of esters is 1. The van der Waals surface area contributed by atoms with Crippen molar-refractivity contribution >= 4 is 50.3 Å². The summed E-state index contributed by atoms with van der Waals surface area (Å²) in [6.07, 6.45) is 0.934. The number of anilines is 1. The zero-order chi connectivity index (χ0) is 22.6. The number of amides is 2. The second-order valence-corrected chi connectivity index (χ2v) is 7.96. The molecule has 2 rings (SSSR count). The molecule has 0 aromatic carbocycles. The smallest absolute Gasteiger partial charge is 0.731 e. The molecule has 164 valence electrons. The summed E-state index contributed by atoms with van der Waals surface area (Å²) in [5, 5.41) is 7.41. The van der Waals surface area contributed by atoms with Gasteiger partial charge in [0.15, 0.2) is 21.1 Å². The molecule has 0 bridgehead atoms. The minimum Gasteiger partial charge on any atom is -0.731 e. The van der Waals surface area contributed by atoms with Gasteiger partial charge in [-0.2, -0.15) is 0 Å². The Labute approximate surface area is 203 Å². The van der Waals surface area contributed by atoms with Gasteiger partial charge in [0.1, 0.15) is 18.8 Å². The zero-order valence-electron chi connectivity index (χ0n) is 17.0. The van der Waals surface area contributed by atoms with Crippen LogP contribution in [0, 0.1) is 0 Å². The number of carbonyl (C=O) groups excluding carboxylic acids is 3. The number of nitrogens with one attached hydrogen (secondary N) is 1. The number of thiazole rings is 1. The first-order valence-corrected chi connectivity index (χ1v) is 10.5. The fourth-order valence-electron chi connectivity index (χ4n) is 2.66. The number of aromatic nitrogens is 1. The first kappa shape index (κ1) is 27.0. The van der Waals surface area contributed by atoms with Crippen LogP contribution in [-0.2, 0) is 34.3 Å². The molecule has 2 atom stereocenters. The van der Waals surface area contributed by atoms with Gasteiger partial charge in [0, 0.05) is 11.5 Å². The number of β-lactam (4-membered cyclic amide) rings is 1. The molecule has 2 heterocycles. The van der Waals surface area contributed by atoms with Gasteiger partial charge in [-0.05, 0) is 19.4 Å². The van der Waals surface area contributed by atoms with Crippen LogP contribution in [0.4, 0.5) is 5.13 Å². The Bertz CT molecular complexity index is 1020. The Morgan fingerprint density at radius 1 is 1.48 bits per heavy atom. The van der Waals surface area contributed by atoms with E-state index in [2.05, 4.69) is 20.3 Å². The maximum absolute atomic E-state index is 12.6. The van der Waals surface area contributed by atoms with Crippen molar-refractivity contribution in [3.05, 3.63) is 22.7 Å². The van der Waals surface area contributed by atoms with E-state index in [-0.39, 0.29) is 62.6 Å². The Morgan fingerprint density at radius 3 is 2.61 bits per heavy atom. The molecule has 0 radical (unpaired) electrons. The van der Waals surface area contributed by atoms with Gasteiger partial charge in [-0.3, -0.25) is 9.59 Å². The van der Waals surface area contributed by atoms with Gasteiger partial charge in [-0.1, -0.05) is 5.16 Å². The van der Waals surface area contributed by atoms with Gasteiger partial charge in [-0.25, -0.2) is 22.5 Å². The largest absolute Gasteiger partial charge is 1.00 e. The molecule has 2 amide bonds. The Morgan fingerprint density at radius 2 is 2.13 bits per heavy atom. The van der Waals surface area contributed by atoms with Gasteiger partial charge in [0.25, 0.3) is 11.8 Å². The summed E-state index contributed by atoms with van der Waals surface area (Å²) in [4.78, 5) is 45.1. The van der Waals surface area contributed by atoms with E-state index in [9.17, 15) is 27.4 Å². The maximum Gasteiger partial charge on any atom is 1.00 e. The zero-order valence-corrected chi connectivity index (χ0v) is 20.7. The van der Waals surface area contributed by atoms with E-state index in [0.717, 1.165) is 17.4 Å². The van der Waals surface area contributed by atoms with Crippen LogP contribution in [0.3, 0.4) is 0 Å². The number of nitrogens with two attached hydrogens (primary N) is 1. The molecule has 31 heavy (non-hydrogen) atoms. The molecule has 1 aliphatic rings. The number of nitrogens with zero attached hydrogens (tertiary/aromatic N) is 3. The number of hydrogen-bond donors (Lipinski definition) is 2. The summed E-state index contributed by atoms with van der Waals surface area (Å²) < 4.78 is 39.2. The van der Waals surface area contributed by atoms with Crippen molar-refractivity contribution in [2.45, 2.75) is 25.9 Å². The minimum absolute atomic E-state index is 0. The van der Waals surface area contributed by atoms with Crippen molar-refractivity contribution in [1.29, 1.82) is 0 Å². The van der Waals surface area contributed by atoms with Crippen molar-refractivity contribution in [1.82, 2.24) is 14.6 Å². The maximum atomic E-state index is 12.6. The van der Waals surface area contributed by atoms with Crippen molar-refractivity contribution in [2.75, 3.05) is 19.5 Å². The molecule has 1 saturated heterocycles. The standard InChI is InChI=1S/C15H19N5O8S2.Na/c1-4-28-9(21)5-7(2)12-11(14(23)20(12)30(24,25)26)18-13(22)10(19-27-3)8-6-29-15(16)17-8;/h5-6,11-12H,4H2,1-3H3,(H2,16,17)(H,18,22)(H,24,25,26);/q;+1/p-1/b7-5-,19-10-;/t11-,12+;/m1./s1. The van der Waals surface area contributed by atoms with E-state index < -0.39 is 40.2 Å². The Kier molecular flexibility index (Phi) is 9.59. The number of oxime groups is 1. The van der Waals surface area contributed by atoms with Crippen LogP contribution in [0.15, 0.2) is 22.2 Å². The molecule has 0 aliphatic carbocycles. The average molecular weight is 483 g/mol. The van der Waals surface area contributed by atoms with Crippen LogP contribution >= 0.6 is 11.3 Å². The van der Waals surface area contributed by atoms with Gasteiger partial charge in [0.05, 0.1) is 12.6 Å². The van der Waals surface area contributed by atoms with E-state index in [1.54, 1.807) is 6.92 Å². The minimum atomic E-state index is -5.20. The second-order valence-electron chi connectivity index (χ2n) is 5.82. The predicted octanol–water partition coefficient (Wildman–Crippen LogP) is -4.25. The summed E-state index contributed by atoms with van der Waals surface area (Å²) in [6, 6.07) is -2.87. The van der Waals surface area contributed by atoms with Gasteiger partial charge in [0.2, 0.25) is 0 Å². The van der Waals surface area contributed by atoms with Crippen LogP contribution in [0.25, 0.3) is 0 Å². The average Bonchev–Trinajstić information content (AvgIpc) is 3.06. The molecule has 0 unspecified atom stereocenters. The topological polar surface area (TPSA) is 193 Å². The molecule has 13 nitrogen and oxygen atoms in total. The van der Waals surface area contributed by atoms with E-state index >= 15 is 0 Å². The van der Waals surface area contributed by atoms with Crippen LogP contribution in [0.2, 0.25) is 0 Å². The monoisotopic (exact) mass is 483 g/mol. The molecular formula is C15H18N5NaO8S2. The summed E-state index contributed by atoms with van der Waals surface area (Å²) in [5.41, 5.74) is 5.29. The third-order valence-corrected chi connectivity index (χ3v) is 5.40. The van der Waals surface area contributed by atoms with Crippen LogP contribution in [0.1, 0.15) is 19.5 Å². The summed E-state index contributed by atoms with van der Waals surface area (Å²) in [5.74, 6) is -2.91. The molecule has 1 fully saturated rings. The van der Waals surface area contributed by atoms with E-state index in [1.807, 2.05) is 0 Å². The molecule has 3 N–H and O–H groups in total. The number of carbonyl (C=O) groups is 3. The molecular weight excluding hydrogens is 465 g/mol. The fourth-order valence-corrected chi connectivity index (χ4v) is 4.11. The van der Waals surface area contributed by atoms with Gasteiger partial charge < -0.3 is 25.2 Å². The summed E-state index contributed by atoms with van der Waals surface area (Å²) >= 11 is 1.03. The predicted molar refractivity (Wildman–Crippen MR) is 103 cm³/mol. The SMILES string of the molecule is CCOC(=O)/C=C(/C)[C@H]1[C@@H](NC(=O)/C(=N\OC)c2csc(N)n2)C(=O)N1S(=O)(=O)[O-].[Na+]. The number of rotatable bonds is 8. The molecule has 0 spiro atoms. The number of ether oxygens (including phenoxy) is 1. The molecule has 1 aliphatic heterocycles. The molecule has 0 saturated carbocycles. The number of hydrogen-bond acceptors (Lipinski definition) is 12. The van der Waals surface area contributed by atoms with Gasteiger partial charge >= 0.3 is 35.5 Å². The van der Waals surface area contributed by atoms with Crippen molar-refractivity contribution in [3.63, 3.8) is 0 Å². The number of nitrogen functional groups attached to an aromatic ring is 1. The molecule has 1 aromatic heterocycles. The van der Waals surface area contributed by atoms with Gasteiger partial charge in [-0.15, -0.1) is 11.3 Å². The summed E-state index contributed by atoms with van der Waals surface area (Å²) in [7, 11) is -4.02. The first-order chi connectivity index (χ1) is 14.0. The second kappa shape index (κ2) is 11.0. The van der Waals surface area contributed by atoms with E-state index in [0.29, 0.717) is 0 Å². The fraction of sp³-hybridized carbons (Fsp3) is 0.400. The van der Waals surface area contributed by atoms with Crippen molar-refractivity contribution in [3.8, 4) is 0 Å². The Balaban J connectivity index is 0.00000480. The van der Waals surface area contributed by atoms with Crippen molar-refractivity contribution in [2.24, 2.45) is 5.16 Å². The normalized spacial score (nSPS) is 19.2. The molecule has 16 heteroatoms. The molecule has 1 aromatic rings. The first-order valence-electron chi connectivity index (χ1n) is 8.28. The van der Waals surface area contributed by atoms with Crippen molar-refractivity contribution < 1.29 is 66.5 Å². The van der Waals surface area contributed by atoms with Crippen LogP contribution in [0.5, 0.6) is 0 Å². The van der Waals surface area contributed by atoms with Crippen LogP contribution < -0.4 is 40.6 Å². The summed E-state index contributed by atoms with van der Waals surface area (Å²) in [6.45, 7) is 2.94. The third-order valence-electron chi connectivity index (χ3n) is 3.84. The van der Waals surface area contributed by atoms with E-state index in [4.69, 9.17) is 10.5 Å².